The normalized spacial score (nSPS) is 13.6. The molecule has 0 saturated heterocycles. The molecule has 1 aromatic heterocycles. The highest BCUT2D eigenvalue weighted by Crippen LogP contribution is 2.29. The number of hydrogen-bond donors (Lipinski definition) is 0. The van der Waals surface area contributed by atoms with E-state index in [1.165, 1.54) is 22.3 Å². The molecule has 0 bridgehead atoms. The molecule has 0 aliphatic heterocycles. The predicted octanol–water partition coefficient (Wildman–Crippen LogP) is 8.30. The van der Waals surface area contributed by atoms with Crippen LogP contribution in [0, 0.1) is 0 Å². The van der Waals surface area contributed by atoms with Crippen LogP contribution < -0.4 is 0 Å². The van der Waals surface area contributed by atoms with Crippen molar-refractivity contribution >= 4 is 11.1 Å². The first-order valence-electron chi connectivity index (χ1n) is 11.4. The van der Waals surface area contributed by atoms with Crippen LogP contribution >= 0.6 is 0 Å². The Morgan fingerprint density at radius 1 is 0.875 bits per heavy atom. The summed E-state index contributed by atoms with van der Waals surface area (Å²) in [4.78, 5) is 9.97. The van der Waals surface area contributed by atoms with Gasteiger partial charge in [0.15, 0.2) is 5.82 Å². The summed E-state index contributed by atoms with van der Waals surface area (Å²) in [5, 5.41) is 0. The van der Waals surface area contributed by atoms with Gasteiger partial charge in [-0.2, -0.15) is 0 Å². The number of allylic oxidation sites excluding steroid dienone is 8. The minimum atomic E-state index is 0.760. The summed E-state index contributed by atoms with van der Waals surface area (Å²) in [7, 11) is 0. The van der Waals surface area contributed by atoms with Crippen molar-refractivity contribution in [3.63, 3.8) is 0 Å². The van der Waals surface area contributed by atoms with E-state index in [1.807, 2.05) is 6.07 Å². The highest BCUT2D eigenvalue weighted by Gasteiger charge is 2.12. The Labute approximate surface area is 191 Å². The molecule has 2 nitrogen and oxygen atoms in total. The van der Waals surface area contributed by atoms with Gasteiger partial charge >= 0.3 is 0 Å². The molecule has 2 aromatic carbocycles. The van der Waals surface area contributed by atoms with Gasteiger partial charge in [0.05, 0.1) is 11.4 Å². The van der Waals surface area contributed by atoms with E-state index in [9.17, 15) is 0 Å². The maximum absolute atomic E-state index is 4.99. The monoisotopic (exact) mass is 418 g/mol. The lowest BCUT2D eigenvalue weighted by Crippen LogP contribution is -1.99. The van der Waals surface area contributed by atoms with E-state index < -0.39 is 0 Å². The number of nitrogens with zero attached hydrogens (tertiary/aromatic N) is 2. The van der Waals surface area contributed by atoms with Gasteiger partial charge in [0.1, 0.15) is 0 Å². The van der Waals surface area contributed by atoms with Crippen LogP contribution in [0.5, 0.6) is 0 Å². The van der Waals surface area contributed by atoms with Crippen LogP contribution in [0.4, 0.5) is 0 Å². The molecule has 32 heavy (non-hydrogen) atoms. The zero-order chi connectivity index (χ0) is 22.3. The molecule has 3 aromatic rings. The molecule has 0 N–H and O–H groups in total. The fourth-order valence-corrected chi connectivity index (χ4v) is 3.91. The Kier molecular flexibility index (Phi) is 6.91. The summed E-state index contributed by atoms with van der Waals surface area (Å²) < 4.78 is 0. The van der Waals surface area contributed by atoms with E-state index in [4.69, 9.17) is 9.97 Å². The first kappa shape index (κ1) is 21.7. The summed E-state index contributed by atoms with van der Waals surface area (Å²) in [6.45, 7) is 6.45. The fourth-order valence-electron chi connectivity index (χ4n) is 3.91. The second-order valence-corrected chi connectivity index (χ2v) is 8.34. The molecular weight excluding hydrogens is 388 g/mol. The molecule has 0 atom stereocenters. The van der Waals surface area contributed by atoms with E-state index in [1.54, 1.807) is 0 Å². The molecule has 160 valence electrons. The van der Waals surface area contributed by atoms with Crippen LogP contribution in [0.15, 0.2) is 96.6 Å². The van der Waals surface area contributed by atoms with Crippen LogP contribution in [0.3, 0.4) is 0 Å². The van der Waals surface area contributed by atoms with E-state index in [-0.39, 0.29) is 0 Å². The summed E-state index contributed by atoms with van der Waals surface area (Å²) in [5.41, 5.74) is 8.95. The van der Waals surface area contributed by atoms with Crippen molar-refractivity contribution in [2.45, 2.75) is 40.0 Å². The Bertz CT molecular complexity index is 1210. The molecule has 0 radical (unpaired) electrons. The maximum atomic E-state index is 4.99. The van der Waals surface area contributed by atoms with Crippen molar-refractivity contribution < 1.29 is 0 Å². The highest BCUT2D eigenvalue weighted by atomic mass is 14.9. The number of hydrogen-bond acceptors (Lipinski definition) is 2. The molecule has 1 aliphatic rings. The lowest BCUT2D eigenvalue weighted by atomic mass is 9.99. The van der Waals surface area contributed by atoms with E-state index in [0.29, 0.717) is 0 Å². The number of benzene rings is 2. The Morgan fingerprint density at radius 3 is 2.38 bits per heavy atom. The average molecular weight is 419 g/mol. The van der Waals surface area contributed by atoms with Crippen molar-refractivity contribution in [3.05, 3.63) is 108 Å². The van der Waals surface area contributed by atoms with Crippen molar-refractivity contribution in [2.75, 3.05) is 0 Å². The molecule has 1 aliphatic carbocycles. The second kappa shape index (κ2) is 10.2. The molecule has 0 unspecified atom stereocenters. The van der Waals surface area contributed by atoms with Gasteiger partial charge in [0, 0.05) is 11.1 Å². The maximum Gasteiger partial charge on any atom is 0.160 e. The third kappa shape index (κ3) is 5.20. The van der Waals surface area contributed by atoms with E-state index >= 15 is 0 Å². The molecule has 1 heterocycles. The Hall–Kier alpha value is -3.52. The van der Waals surface area contributed by atoms with Crippen LogP contribution in [0.25, 0.3) is 33.8 Å². The molecule has 0 spiro atoms. The second-order valence-electron chi connectivity index (χ2n) is 8.34. The average Bonchev–Trinajstić information content (AvgIpc) is 2.84. The lowest BCUT2D eigenvalue weighted by molar-refractivity contribution is 1.03. The van der Waals surface area contributed by atoms with Crippen LogP contribution in [0.2, 0.25) is 0 Å². The van der Waals surface area contributed by atoms with Crippen molar-refractivity contribution in [1.82, 2.24) is 9.97 Å². The van der Waals surface area contributed by atoms with Gasteiger partial charge in [-0.15, -0.1) is 0 Å². The molecular formula is C30H30N2. The largest absolute Gasteiger partial charge is 0.228 e. The topological polar surface area (TPSA) is 25.8 Å². The van der Waals surface area contributed by atoms with Gasteiger partial charge in [0.25, 0.3) is 0 Å². The first-order valence-corrected chi connectivity index (χ1v) is 11.4. The smallest absolute Gasteiger partial charge is 0.160 e. The van der Waals surface area contributed by atoms with Crippen molar-refractivity contribution in [1.29, 1.82) is 0 Å². The summed E-state index contributed by atoms with van der Waals surface area (Å²) in [6, 6.07) is 21.0. The van der Waals surface area contributed by atoms with Crippen molar-refractivity contribution in [2.24, 2.45) is 0 Å². The van der Waals surface area contributed by atoms with Gasteiger partial charge in [-0.25, -0.2) is 9.97 Å². The minimum absolute atomic E-state index is 0.760. The van der Waals surface area contributed by atoms with Gasteiger partial charge in [0.2, 0.25) is 0 Å². The molecule has 0 amide bonds. The lowest BCUT2D eigenvalue weighted by Gasteiger charge is -2.12. The third-order valence-corrected chi connectivity index (χ3v) is 5.41. The molecule has 4 rings (SSSR count). The number of aromatic nitrogens is 2. The van der Waals surface area contributed by atoms with E-state index in [2.05, 4.69) is 106 Å². The van der Waals surface area contributed by atoms with Gasteiger partial charge in [-0.1, -0.05) is 91.4 Å². The van der Waals surface area contributed by atoms with Crippen molar-refractivity contribution in [3.8, 4) is 22.6 Å². The SMILES string of the molecule is CC/C=C(\C=C(C)C)c1cccc(-c2nc(C3=CCCC=C3)cc(-c3ccccc3)n2)c1. The Morgan fingerprint density at radius 2 is 1.66 bits per heavy atom. The Balaban J connectivity index is 1.84. The van der Waals surface area contributed by atoms with Gasteiger partial charge in [-0.05, 0) is 62.0 Å². The van der Waals surface area contributed by atoms with Gasteiger partial charge in [-0.3, -0.25) is 0 Å². The first-order chi connectivity index (χ1) is 15.6. The molecule has 2 heteroatoms. The minimum Gasteiger partial charge on any atom is -0.228 e. The zero-order valence-corrected chi connectivity index (χ0v) is 19.2. The van der Waals surface area contributed by atoms with Crippen LogP contribution in [-0.2, 0) is 0 Å². The number of rotatable bonds is 6. The summed E-state index contributed by atoms with van der Waals surface area (Å²) >= 11 is 0. The quantitative estimate of drug-likeness (QED) is 0.376. The molecule has 0 fully saturated rings. The fraction of sp³-hybridized carbons (Fsp3) is 0.200. The van der Waals surface area contributed by atoms with E-state index in [0.717, 1.165) is 47.6 Å². The zero-order valence-electron chi connectivity index (χ0n) is 19.2. The highest BCUT2D eigenvalue weighted by molar-refractivity contribution is 5.79. The standard InChI is InChI=1S/C30H30N2/c1-4-12-25(19-22(2)3)26-17-11-18-27(20-26)30-31-28(23-13-7-5-8-14-23)21-29(32-30)24-15-9-6-10-16-24/h5,7-9,11-21H,4,6,10H2,1-3H3/b25-12+. The molecule has 0 saturated carbocycles. The third-order valence-electron chi connectivity index (χ3n) is 5.41. The van der Waals surface area contributed by atoms with Gasteiger partial charge < -0.3 is 0 Å². The predicted molar refractivity (Wildman–Crippen MR) is 137 cm³/mol. The van der Waals surface area contributed by atoms with Crippen LogP contribution in [0.1, 0.15) is 51.3 Å². The summed E-state index contributed by atoms with van der Waals surface area (Å²) in [6.07, 6.45) is 14.3. The summed E-state index contributed by atoms with van der Waals surface area (Å²) in [5.74, 6) is 0.760. The van der Waals surface area contributed by atoms with Crippen LogP contribution in [-0.4, -0.2) is 9.97 Å².